The lowest BCUT2D eigenvalue weighted by molar-refractivity contribution is -0.114. The summed E-state index contributed by atoms with van der Waals surface area (Å²) in [4.78, 5) is 11.8. The molecule has 21 heavy (non-hydrogen) atoms. The summed E-state index contributed by atoms with van der Waals surface area (Å²) in [7, 11) is -3.79. The van der Waals surface area contributed by atoms with Gasteiger partial charge < -0.3 is 0 Å². The largest absolute Gasteiger partial charge is 0.293 e. The average molecular weight is 300 g/mol. The Morgan fingerprint density at radius 1 is 0.905 bits per heavy atom. The second-order valence-electron chi connectivity index (χ2n) is 4.65. The number of hydrogen-bond donors (Lipinski definition) is 0. The Morgan fingerprint density at radius 3 is 2.00 bits per heavy atom. The van der Waals surface area contributed by atoms with Crippen molar-refractivity contribution in [3.05, 3.63) is 77.7 Å². The molecule has 0 radical (unpaired) electrons. The smallest absolute Gasteiger partial charge is 0.209 e. The zero-order chi connectivity index (χ0) is 15.3. The van der Waals surface area contributed by atoms with E-state index < -0.39 is 15.6 Å². The number of rotatable bonds is 6. The van der Waals surface area contributed by atoms with Crippen molar-refractivity contribution in [2.45, 2.75) is 17.7 Å². The maximum absolute atomic E-state index is 12.3. The van der Waals surface area contributed by atoms with Crippen molar-refractivity contribution in [2.24, 2.45) is 0 Å². The first-order chi connectivity index (χ1) is 10.0. The van der Waals surface area contributed by atoms with Gasteiger partial charge in [-0.1, -0.05) is 55.1 Å². The van der Waals surface area contributed by atoms with Crippen molar-refractivity contribution < 1.29 is 13.2 Å². The zero-order valence-electron chi connectivity index (χ0n) is 11.5. The first kappa shape index (κ1) is 15.2. The zero-order valence-corrected chi connectivity index (χ0v) is 12.3. The van der Waals surface area contributed by atoms with Gasteiger partial charge >= 0.3 is 0 Å². The molecule has 0 N–H and O–H groups in total. The van der Waals surface area contributed by atoms with E-state index >= 15 is 0 Å². The molecule has 0 bridgehead atoms. The second kappa shape index (κ2) is 6.50. The number of ketones is 1. The van der Waals surface area contributed by atoms with Gasteiger partial charge in [0, 0.05) is 6.42 Å². The standard InChI is InChI=1S/C17H16O3S/c1-14(21(19,20)16-10-6-3-7-11-16)17(18)13-12-15-8-4-2-5-9-15/h2-11H,1,12-13H2. The van der Waals surface area contributed by atoms with Gasteiger partial charge in [-0.3, -0.25) is 4.79 Å². The molecule has 108 valence electrons. The maximum Gasteiger partial charge on any atom is 0.209 e. The van der Waals surface area contributed by atoms with Crippen LogP contribution in [0.2, 0.25) is 0 Å². The summed E-state index contributed by atoms with van der Waals surface area (Å²) >= 11 is 0. The van der Waals surface area contributed by atoms with Gasteiger partial charge in [-0.2, -0.15) is 0 Å². The summed E-state index contributed by atoms with van der Waals surface area (Å²) in [6.45, 7) is 3.48. The van der Waals surface area contributed by atoms with Crippen LogP contribution in [0, 0.1) is 0 Å². The van der Waals surface area contributed by atoms with E-state index in [1.807, 2.05) is 30.3 Å². The van der Waals surface area contributed by atoms with E-state index in [2.05, 4.69) is 6.58 Å². The van der Waals surface area contributed by atoms with Crippen LogP contribution in [0.25, 0.3) is 0 Å². The molecule has 0 atom stereocenters. The molecule has 0 heterocycles. The topological polar surface area (TPSA) is 51.2 Å². The lowest BCUT2D eigenvalue weighted by atomic mass is 10.1. The Balaban J connectivity index is 2.08. The van der Waals surface area contributed by atoms with Gasteiger partial charge in [0.15, 0.2) is 5.78 Å². The Kier molecular flexibility index (Phi) is 4.70. The molecule has 0 aliphatic rings. The van der Waals surface area contributed by atoms with Crippen LogP contribution in [-0.4, -0.2) is 14.2 Å². The van der Waals surface area contributed by atoms with Gasteiger partial charge in [-0.15, -0.1) is 0 Å². The quantitative estimate of drug-likeness (QED) is 0.770. The van der Waals surface area contributed by atoms with Crippen LogP contribution in [0.5, 0.6) is 0 Å². The van der Waals surface area contributed by atoms with Crippen molar-refractivity contribution in [1.82, 2.24) is 0 Å². The minimum atomic E-state index is -3.79. The Morgan fingerprint density at radius 2 is 1.43 bits per heavy atom. The van der Waals surface area contributed by atoms with E-state index in [4.69, 9.17) is 0 Å². The van der Waals surface area contributed by atoms with Crippen LogP contribution in [0.15, 0.2) is 77.0 Å². The lowest BCUT2D eigenvalue weighted by Gasteiger charge is -2.07. The molecule has 0 aromatic heterocycles. The molecule has 0 aliphatic carbocycles. The molecule has 2 aromatic rings. The number of sulfone groups is 1. The molecule has 0 saturated carbocycles. The van der Waals surface area contributed by atoms with Gasteiger partial charge in [0.2, 0.25) is 9.84 Å². The highest BCUT2D eigenvalue weighted by atomic mass is 32.2. The Labute approximate surface area is 124 Å². The molecule has 0 saturated heterocycles. The predicted molar refractivity (Wildman–Crippen MR) is 82.5 cm³/mol. The van der Waals surface area contributed by atoms with Gasteiger partial charge in [0.05, 0.1) is 4.90 Å². The highest BCUT2D eigenvalue weighted by molar-refractivity contribution is 7.96. The number of carbonyl (C=O) groups excluding carboxylic acids is 1. The molecule has 0 spiro atoms. The van der Waals surface area contributed by atoms with Gasteiger partial charge in [-0.25, -0.2) is 8.42 Å². The van der Waals surface area contributed by atoms with E-state index in [0.717, 1.165) is 5.56 Å². The molecule has 2 aromatic carbocycles. The fourth-order valence-electron chi connectivity index (χ4n) is 1.93. The minimum Gasteiger partial charge on any atom is -0.293 e. The van der Waals surface area contributed by atoms with E-state index in [9.17, 15) is 13.2 Å². The number of allylic oxidation sites excluding steroid dienone is 1. The summed E-state index contributed by atoms with van der Waals surface area (Å²) < 4.78 is 24.5. The van der Waals surface area contributed by atoms with Crippen LogP contribution in [0.3, 0.4) is 0 Å². The van der Waals surface area contributed by atoms with E-state index in [0.29, 0.717) is 6.42 Å². The van der Waals surface area contributed by atoms with Crippen LogP contribution in [-0.2, 0) is 21.1 Å². The summed E-state index contributed by atoms with van der Waals surface area (Å²) in [5.41, 5.74) is 0.996. The third-order valence-corrected chi connectivity index (χ3v) is 4.94. The first-order valence-corrected chi connectivity index (χ1v) is 8.06. The monoisotopic (exact) mass is 300 g/mol. The molecular formula is C17H16O3S. The second-order valence-corrected chi connectivity index (χ2v) is 6.62. The summed E-state index contributed by atoms with van der Waals surface area (Å²) in [6.07, 6.45) is 0.637. The average Bonchev–Trinajstić information content (AvgIpc) is 2.53. The molecule has 0 aliphatic heterocycles. The number of aryl methyl sites for hydroxylation is 1. The number of hydrogen-bond acceptors (Lipinski definition) is 3. The van der Waals surface area contributed by atoms with Crippen LogP contribution >= 0.6 is 0 Å². The molecule has 4 heteroatoms. The third-order valence-electron chi connectivity index (χ3n) is 3.17. The number of carbonyl (C=O) groups is 1. The van der Waals surface area contributed by atoms with E-state index in [-0.39, 0.29) is 16.2 Å². The predicted octanol–water partition coefficient (Wildman–Crippen LogP) is 3.18. The van der Waals surface area contributed by atoms with Gasteiger partial charge in [0.25, 0.3) is 0 Å². The maximum atomic E-state index is 12.3. The molecule has 0 unspecified atom stereocenters. The van der Waals surface area contributed by atoms with Crippen LogP contribution < -0.4 is 0 Å². The van der Waals surface area contributed by atoms with Gasteiger partial charge in [0.1, 0.15) is 4.91 Å². The summed E-state index contributed by atoms with van der Waals surface area (Å²) in [5.74, 6) is -0.442. The SMILES string of the molecule is C=C(C(=O)CCc1ccccc1)S(=O)(=O)c1ccccc1. The molecule has 2 rings (SSSR count). The van der Waals surface area contributed by atoms with E-state index in [1.54, 1.807) is 18.2 Å². The molecule has 0 amide bonds. The highest BCUT2D eigenvalue weighted by Gasteiger charge is 2.24. The van der Waals surface area contributed by atoms with Crippen molar-refractivity contribution in [3.63, 3.8) is 0 Å². The van der Waals surface area contributed by atoms with Crippen molar-refractivity contribution in [3.8, 4) is 0 Å². The Hall–Kier alpha value is -2.20. The van der Waals surface area contributed by atoms with Crippen LogP contribution in [0.1, 0.15) is 12.0 Å². The van der Waals surface area contributed by atoms with Crippen molar-refractivity contribution >= 4 is 15.6 Å². The third kappa shape index (κ3) is 3.67. The molecule has 0 fully saturated rings. The van der Waals surface area contributed by atoms with Crippen molar-refractivity contribution in [2.75, 3.05) is 0 Å². The fraction of sp³-hybridized carbons (Fsp3) is 0.118. The fourth-order valence-corrected chi connectivity index (χ4v) is 3.14. The lowest BCUT2D eigenvalue weighted by Crippen LogP contribution is -2.13. The van der Waals surface area contributed by atoms with Gasteiger partial charge in [-0.05, 0) is 24.1 Å². The normalized spacial score (nSPS) is 11.0. The van der Waals surface area contributed by atoms with Crippen LogP contribution in [0.4, 0.5) is 0 Å². The minimum absolute atomic E-state index is 0.100. The molecule has 3 nitrogen and oxygen atoms in total. The first-order valence-electron chi connectivity index (χ1n) is 6.58. The Bertz CT molecular complexity index is 732. The van der Waals surface area contributed by atoms with Crippen molar-refractivity contribution in [1.29, 1.82) is 0 Å². The summed E-state index contributed by atoms with van der Waals surface area (Å²) in [5, 5.41) is 0. The van der Waals surface area contributed by atoms with E-state index in [1.165, 1.54) is 12.1 Å². The number of Topliss-reactive ketones (excluding diaryl/α,β-unsaturated/α-hetero) is 1. The summed E-state index contributed by atoms with van der Waals surface area (Å²) in [6, 6.07) is 17.4. The molecular weight excluding hydrogens is 284 g/mol. The number of benzene rings is 2. The highest BCUT2D eigenvalue weighted by Crippen LogP contribution is 2.19.